The van der Waals surface area contributed by atoms with Gasteiger partial charge in [-0.1, -0.05) is 31.2 Å². The van der Waals surface area contributed by atoms with Crippen LogP contribution in [0.2, 0.25) is 0 Å². The van der Waals surface area contributed by atoms with Crippen LogP contribution in [0.4, 0.5) is 5.69 Å². The van der Waals surface area contributed by atoms with Gasteiger partial charge in [-0.05, 0) is 48.6 Å². The van der Waals surface area contributed by atoms with Gasteiger partial charge in [-0.25, -0.2) is 0 Å². The zero-order chi connectivity index (χ0) is 16.7. The average Bonchev–Trinajstić information content (AvgIpc) is 3.10. The highest BCUT2D eigenvalue weighted by Gasteiger charge is 2.19. The summed E-state index contributed by atoms with van der Waals surface area (Å²) in [7, 11) is 1.72. The largest absolute Gasteiger partial charge is 0.383 e. The Bertz CT molecular complexity index is 613. The number of para-hydroxylation sites is 1. The summed E-state index contributed by atoms with van der Waals surface area (Å²) in [6.07, 6.45) is 0.977. The van der Waals surface area contributed by atoms with E-state index in [1.165, 1.54) is 10.4 Å². The quantitative estimate of drug-likeness (QED) is 0.732. The molecule has 5 heteroatoms. The van der Waals surface area contributed by atoms with Gasteiger partial charge >= 0.3 is 0 Å². The van der Waals surface area contributed by atoms with Gasteiger partial charge in [-0.2, -0.15) is 0 Å². The van der Waals surface area contributed by atoms with E-state index in [0.717, 1.165) is 23.8 Å². The lowest BCUT2D eigenvalue weighted by atomic mass is 10.1. The summed E-state index contributed by atoms with van der Waals surface area (Å²) < 4.78 is 5.26. The highest BCUT2D eigenvalue weighted by molar-refractivity contribution is 7.80. The summed E-state index contributed by atoms with van der Waals surface area (Å²) in [6, 6.07) is 12.8. The fraction of sp³-hybridized carbons (Fsp3) is 0.389. The fourth-order valence-corrected chi connectivity index (χ4v) is 3.64. The number of nitrogens with one attached hydrogen (secondary N) is 1. The third kappa shape index (κ3) is 4.77. The number of ether oxygens (including phenoxy) is 1. The molecule has 0 aliphatic heterocycles. The van der Waals surface area contributed by atoms with E-state index in [4.69, 9.17) is 17.0 Å². The number of aryl methyl sites for hydroxylation is 1. The monoisotopic (exact) mass is 348 g/mol. The summed E-state index contributed by atoms with van der Waals surface area (Å²) >= 11 is 7.45. The van der Waals surface area contributed by atoms with Gasteiger partial charge in [0, 0.05) is 24.2 Å². The van der Waals surface area contributed by atoms with Gasteiger partial charge in [-0.15, -0.1) is 11.3 Å². The Labute approximate surface area is 148 Å². The minimum absolute atomic E-state index is 0.221. The number of nitrogens with zero attached hydrogens (tertiary/aromatic N) is 1. The standard InChI is InChI=1S/C18H24N2OS2/c1-4-15-8-5-6-9-16(15)19-18(22)20(11-12-21-3)14(2)17-10-7-13-23-17/h5-10,13-14H,4,11-12H2,1-3H3,(H,19,22)/t14-/m1/s1. The van der Waals surface area contributed by atoms with Crippen LogP contribution in [-0.2, 0) is 11.2 Å². The van der Waals surface area contributed by atoms with Gasteiger partial charge in [-0.3, -0.25) is 0 Å². The van der Waals surface area contributed by atoms with E-state index < -0.39 is 0 Å². The second-order valence-electron chi connectivity index (χ2n) is 5.32. The molecule has 0 aliphatic rings. The molecule has 0 spiro atoms. The predicted octanol–water partition coefficient (Wildman–Crippen LogP) is 4.72. The second kappa shape index (κ2) is 9.01. The van der Waals surface area contributed by atoms with E-state index in [-0.39, 0.29) is 6.04 Å². The molecular formula is C18H24N2OS2. The molecule has 1 heterocycles. The van der Waals surface area contributed by atoms with E-state index >= 15 is 0 Å². The zero-order valence-electron chi connectivity index (χ0n) is 13.9. The van der Waals surface area contributed by atoms with Crippen molar-refractivity contribution in [3.05, 3.63) is 52.2 Å². The average molecular weight is 349 g/mol. The van der Waals surface area contributed by atoms with Crippen molar-refractivity contribution >= 4 is 34.4 Å². The number of thiophene rings is 1. The molecule has 124 valence electrons. The molecule has 1 aromatic heterocycles. The van der Waals surface area contributed by atoms with Gasteiger partial charge in [0.2, 0.25) is 0 Å². The normalized spacial score (nSPS) is 12.0. The SMILES string of the molecule is CCc1ccccc1NC(=S)N(CCOC)[C@H](C)c1cccs1. The molecule has 1 N–H and O–H groups in total. The van der Waals surface area contributed by atoms with Crippen molar-refractivity contribution in [1.29, 1.82) is 0 Å². The maximum Gasteiger partial charge on any atom is 0.174 e. The molecule has 0 bridgehead atoms. The third-order valence-corrected chi connectivity index (χ3v) is 5.24. The van der Waals surface area contributed by atoms with Crippen LogP contribution in [0.25, 0.3) is 0 Å². The molecule has 0 aliphatic carbocycles. The van der Waals surface area contributed by atoms with Crippen LogP contribution in [0.1, 0.15) is 30.3 Å². The molecule has 2 aromatic rings. The van der Waals surface area contributed by atoms with Crippen LogP contribution in [0.3, 0.4) is 0 Å². The van der Waals surface area contributed by atoms with Crippen molar-refractivity contribution in [3.8, 4) is 0 Å². The smallest absolute Gasteiger partial charge is 0.174 e. The van der Waals surface area contributed by atoms with E-state index in [1.807, 2.05) is 6.07 Å². The lowest BCUT2D eigenvalue weighted by Crippen LogP contribution is -2.39. The minimum atomic E-state index is 0.221. The van der Waals surface area contributed by atoms with Gasteiger partial charge in [0.25, 0.3) is 0 Å². The predicted molar refractivity (Wildman–Crippen MR) is 103 cm³/mol. The van der Waals surface area contributed by atoms with Crippen molar-refractivity contribution in [2.24, 2.45) is 0 Å². The first-order valence-electron chi connectivity index (χ1n) is 7.85. The Kier molecular flexibility index (Phi) is 7.02. The van der Waals surface area contributed by atoms with Gasteiger partial charge in [0.15, 0.2) is 5.11 Å². The Hall–Kier alpha value is -1.43. The maximum absolute atomic E-state index is 5.69. The van der Waals surface area contributed by atoms with Crippen molar-refractivity contribution in [2.45, 2.75) is 26.3 Å². The lowest BCUT2D eigenvalue weighted by Gasteiger charge is -2.31. The number of hydrogen-bond donors (Lipinski definition) is 1. The Morgan fingerprint density at radius 1 is 1.30 bits per heavy atom. The zero-order valence-corrected chi connectivity index (χ0v) is 15.5. The van der Waals surface area contributed by atoms with E-state index in [9.17, 15) is 0 Å². The number of anilines is 1. The van der Waals surface area contributed by atoms with Gasteiger partial charge in [0.05, 0.1) is 12.6 Å². The Balaban J connectivity index is 2.16. The molecule has 2 rings (SSSR count). The number of hydrogen-bond acceptors (Lipinski definition) is 3. The van der Waals surface area contributed by atoms with Crippen LogP contribution in [0.5, 0.6) is 0 Å². The Morgan fingerprint density at radius 2 is 2.09 bits per heavy atom. The van der Waals surface area contributed by atoms with Crippen LogP contribution >= 0.6 is 23.6 Å². The van der Waals surface area contributed by atoms with Crippen molar-refractivity contribution < 1.29 is 4.74 Å². The number of benzene rings is 1. The maximum atomic E-state index is 5.69. The summed E-state index contributed by atoms with van der Waals surface area (Å²) in [5.74, 6) is 0. The van der Waals surface area contributed by atoms with Crippen molar-refractivity contribution in [3.63, 3.8) is 0 Å². The molecule has 0 saturated carbocycles. The second-order valence-corrected chi connectivity index (χ2v) is 6.68. The molecular weight excluding hydrogens is 324 g/mol. The van der Waals surface area contributed by atoms with Crippen LogP contribution in [0.15, 0.2) is 41.8 Å². The highest BCUT2D eigenvalue weighted by atomic mass is 32.1. The minimum Gasteiger partial charge on any atom is -0.383 e. The first-order valence-corrected chi connectivity index (χ1v) is 9.14. The number of rotatable bonds is 7. The van der Waals surface area contributed by atoms with Gasteiger partial charge in [0.1, 0.15) is 0 Å². The molecule has 0 amide bonds. The molecule has 0 unspecified atom stereocenters. The summed E-state index contributed by atoms with van der Waals surface area (Å²) in [6.45, 7) is 5.74. The van der Waals surface area contributed by atoms with E-state index in [0.29, 0.717) is 6.61 Å². The lowest BCUT2D eigenvalue weighted by molar-refractivity contribution is 0.166. The number of methoxy groups -OCH3 is 1. The van der Waals surface area contributed by atoms with Gasteiger partial charge < -0.3 is 15.0 Å². The van der Waals surface area contributed by atoms with Crippen LogP contribution in [-0.4, -0.2) is 30.3 Å². The molecule has 3 nitrogen and oxygen atoms in total. The fourth-order valence-electron chi connectivity index (χ4n) is 2.48. The molecule has 0 fully saturated rings. The molecule has 1 atom stereocenters. The van der Waals surface area contributed by atoms with E-state index in [1.54, 1.807) is 18.4 Å². The Morgan fingerprint density at radius 3 is 2.74 bits per heavy atom. The topological polar surface area (TPSA) is 24.5 Å². The third-order valence-electron chi connectivity index (χ3n) is 3.86. The first-order chi connectivity index (χ1) is 11.2. The number of thiocarbonyl (C=S) groups is 1. The van der Waals surface area contributed by atoms with Crippen LogP contribution < -0.4 is 5.32 Å². The first kappa shape index (κ1) is 17.9. The molecule has 23 heavy (non-hydrogen) atoms. The van der Waals surface area contributed by atoms with E-state index in [2.05, 4.69) is 59.8 Å². The summed E-state index contributed by atoms with van der Waals surface area (Å²) in [5.41, 5.74) is 2.35. The molecule has 1 aromatic carbocycles. The molecule has 0 radical (unpaired) electrons. The highest BCUT2D eigenvalue weighted by Crippen LogP contribution is 2.26. The molecule has 0 saturated heterocycles. The van der Waals surface area contributed by atoms with Crippen LogP contribution in [0, 0.1) is 0 Å². The van der Waals surface area contributed by atoms with Crippen molar-refractivity contribution in [2.75, 3.05) is 25.6 Å². The van der Waals surface area contributed by atoms with Crippen molar-refractivity contribution in [1.82, 2.24) is 4.90 Å². The summed E-state index contributed by atoms with van der Waals surface area (Å²) in [5, 5.41) is 6.26. The summed E-state index contributed by atoms with van der Waals surface area (Å²) in [4.78, 5) is 3.49.